The number of para-hydroxylation sites is 2. The molecule has 0 saturated heterocycles. The van der Waals surface area contributed by atoms with Crippen LogP contribution < -0.4 is 10.9 Å². The SMILES string of the molecule is Oc1c(C=NCc2ccccc2)cc(-c2cc(/C=N/Nc3ccccc3)c(O)c(/C=N/Nc3ccccc3)c2)cc1C=NCc1ccccc1. The number of hydrazone groups is 2. The first-order chi connectivity index (χ1) is 24.6. The zero-order valence-electron chi connectivity index (χ0n) is 27.3. The van der Waals surface area contributed by atoms with Crippen molar-refractivity contribution in [2.75, 3.05) is 10.9 Å². The van der Waals surface area contributed by atoms with Crippen molar-refractivity contribution in [3.8, 4) is 22.6 Å². The average molecular weight is 657 g/mol. The fraction of sp³-hybridized carbons (Fsp3) is 0.0476. The number of hydrogen-bond acceptors (Lipinski definition) is 8. The molecule has 6 aromatic carbocycles. The minimum absolute atomic E-state index is 0.0130. The van der Waals surface area contributed by atoms with Gasteiger partial charge >= 0.3 is 0 Å². The van der Waals surface area contributed by atoms with Crippen molar-refractivity contribution in [1.29, 1.82) is 0 Å². The predicted octanol–water partition coefficient (Wildman–Crippen LogP) is 8.90. The molecule has 50 heavy (non-hydrogen) atoms. The van der Waals surface area contributed by atoms with Crippen LogP contribution in [-0.2, 0) is 13.1 Å². The van der Waals surface area contributed by atoms with E-state index in [2.05, 4.69) is 31.0 Å². The van der Waals surface area contributed by atoms with E-state index in [1.165, 1.54) is 0 Å². The zero-order chi connectivity index (χ0) is 34.4. The number of phenols is 2. The Morgan fingerprint density at radius 1 is 0.420 bits per heavy atom. The number of aliphatic imine (C=N–C) groups is 2. The summed E-state index contributed by atoms with van der Waals surface area (Å²) in [6.45, 7) is 0.927. The molecule has 0 aliphatic rings. The van der Waals surface area contributed by atoms with Gasteiger partial charge in [0.15, 0.2) is 0 Å². The summed E-state index contributed by atoms with van der Waals surface area (Å²) in [4.78, 5) is 9.27. The first kappa shape index (κ1) is 33.1. The van der Waals surface area contributed by atoms with Gasteiger partial charge in [-0.1, -0.05) is 97.1 Å². The minimum atomic E-state index is 0.0130. The molecule has 6 aromatic rings. The third-order valence-electron chi connectivity index (χ3n) is 7.71. The normalized spacial score (nSPS) is 11.6. The van der Waals surface area contributed by atoms with Gasteiger partial charge in [0.05, 0.1) is 36.9 Å². The Labute approximate surface area is 291 Å². The third-order valence-corrected chi connectivity index (χ3v) is 7.71. The highest BCUT2D eigenvalue weighted by Gasteiger charge is 2.14. The van der Waals surface area contributed by atoms with E-state index in [4.69, 9.17) is 0 Å². The summed E-state index contributed by atoms with van der Waals surface area (Å²) in [7, 11) is 0. The fourth-order valence-corrected chi connectivity index (χ4v) is 5.13. The molecule has 0 spiro atoms. The summed E-state index contributed by atoms with van der Waals surface area (Å²) in [6, 6.07) is 46.4. The summed E-state index contributed by atoms with van der Waals surface area (Å²) >= 11 is 0. The van der Waals surface area contributed by atoms with Crippen molar-refractivity contribution in [2.45, 2.75) is 13.1 Å². The first-order valence-corrected chi connectivity index (χ1v) is 16.1. The highest BCUT2D eigenvalue weighted by atomic mass is 16.3. The number of aromatic hydroxyl groups is 2. The van der Waals surface area contributed by atoms with Crippen LogP contribution in [0, 0.1) is 0 Å². The van der Waals surface area contributed by atoms with Crippen LogP contribution in [-0.4, -0.2) is 35.1 Å². The first-order valence-electron chi connectivity index (χ1n) is 16.1. The van der Waals surface area contributed by atoms with Gasteiger partial charge in [0.1, 0.15) is 11.5 Å². The van der Waals surface area contributed by atoms with E-state index >= 15 is 0 Å². The Hall–Kier alpha value is -6.80. The number of anilines is 2. The number of hydrogen-bond donors (Lipinski definition) is 4. The van der Waals surface area contributed by atoms with Gasteiger partial charge in [-0.25, -0.2) is 0 Å². The smallest absolute Gasteiger partial charge is 0.133 e. The lowest BCUT2D eigenvalue weighted by atomic mass is 9.95. The van der Waals surface area contributed by atoms with Gasteiger partial charge in [-0.15, -0.1) is 0 Å². The summed E-state index contributed by atoms with van der Waals surface area (Å²) in [5, 5.41) is 31.5. The summed E-state index contributed by atoms with van der Waals surface area (Å²) in [5.74, 6) is 0.0860. The summed E-state index contributed by atoms with van der Waals surface area (Å²) < 4.78 is 0. The van der Waals surface area contributed by atoms with E-state index in [-0.39, 0.29) is 11.5 Å². The molecule has 246 valence electrons. The van der Waals surface area contributed by atoms with Crippen LogP contribution in [0.4, 0.5) is 11.4 Å². The number of benzene rings is 6. The molecule has 0 atom stereocenters. The Kier molecular flexibility index (Phi) is 11.2. The van der Waals surface area contributed by atoms with Crippen LogP contribution >= 0.6 is 0 Å². The standard InChI is InChI=1S/C42H36N6O2/c49-41-35(27-43-25-31-13-5-1-6-14-31)21-33(22-36(41)28-44-26-32-15-7-2-8-16-32)34-23-37(29-45-47-39-17-9-3-10-18-39)42(50)38(24-34)30-46-48-40-19-11-4-12-20-40/h1-24,27-30,47-50H,25-26H2/b43-27?,44-28?,45-29+,46-30+. The predicted molar refractivity (Wildman–Crippen MR) is 206 cm³/mol. The van der Waals surface area contributed by atoms with Crippen molar-refractivity contribution in [3.63, 3.8) is 0 Å². The molecule has 0 radical (unpaired) electrons. The van der Waals surface area contributed by atoms with Gasteiger partial charge in [-0.2, -0.15) is 10.2 Å². The molecule has 0 unspecified atom stereocenters. The Morgan fingerprint density at radius 2 is 0.740 bits per heavy atom. The van der Waals surface area contributed by atoms with Crippen LogP contribution in [0.25, 0.3) is 11.1 Å². The van der Waals surface area contributed by atoms with E-state index in [0.717, 1.165) is 33.6 Å². The second kappa shape index (κ2) is 16.9. The van der Waals surface area contributed by atoms with Crippen LogP contribution in [0.2, 0.25) is 0 Å². The van der Waals surface area contributed by atoms with Crippen LogP contribution in [0.5, 0.6) is 11.5 Å². The topological polar surface area (TPSA) is 114 Å². The van der Waals surface area contributed by atoms with Crippen molar-refractivity contribution >= 4 is 36.2 Å². The fourth-order valence-electron chi connectivity index (χ4n) is 5.13. The van der Waals surface area contributed by atoms with Crippen molar-refractivity contribution in [1.82, 2.24) is 0 Å². The van der Waals surface area contributed by atoms with E-state index in [1.807, 2.05) is 146 Å². The highest BCUT2D eigenvalue weighted by molar-refractivity contribution is 5.98. The van der Waals surface area contributed by atoms with Crippen molar-refractivity contribution in [3.05, 3.63) is 179 Å². The molecule has 0 fully saturated rings. The quantitative estimate of drug-likeness (QED) is 0.0734. The lowest BCUT2D eigenvalue weighted by Gasteiger charge is -2.12. The molecule has 0 aliphatic heterocycles. The van der Waals surface area contributed by atoms with Gasteiger partial charge in [0, 0.05) is 34.7 Å². The number of phenolic OH excluding ortho intramolecular Hbond substituents is 2. The molecule has 6 rings (SSSR count). The van der Waals surface area contributed by atoms with Gasteiger partial charge in [0.25, 0.3) is 0 Å². The number of nitrogens with one attached hydrogen (secondary N) is 2. The molecule has 0 saturated carbocycles. The van der Waals surface area contributed by atoms with Gasteiger partial charge in [0.2, 0.25) is 0 Å². The third kappa shape index (κ3) is 9.17. The van der Waals surface area contributed by atoms with Crippen LogP contribution in [0.1, 0.15) is 33.4 Å². The minimum Gasteiger partial charge on any atom is -0.507 e. The molecule has 0 heterocycles. The Bertz CT molecular complexity index is 1820. The second-order valence-corrected chi connectivity index (χ2v) is 11.4. The molecular weight excluding hydrogens is 621 g/mol. The second-order valence-electron chi connectivity index (χ2n) is 11.4. The largest absolute Gasteiger partial charge is 0.507 e. The lowest BCUT2D eigenvalue weighted by Crippen LogP contribution is -1.98. The van der Waals surface area contributed by atoms with Gasteiger partial charge in [-0.05, 0) is 70.8 Å². The molecule has 8 heteroatoms. The molecule has 0 aromatic heterocycles. The van der Waals surface area contributed by atoms with Crippen LogP contribution in [0.15, 0.2) is 166 Å². The zero-order valence-corrected chi connectivity index (χ0v) is 27.3. The Balaban J connectivity index is 1.39. The monoisotopic (exact) mass is 656 g/mol. The van der Waals surface area contributed by atoms with E-state index in [9.17, 15) is 10.2 Å². The maximum atomic E-state index is 11.4. The van der Waals surface area contributed by atoms with Crippen LogP contribution in [0.3, 0.4) is 0 Å². The highest BCUT2D eigenvalue weighted by Crippen LogP contribution is 2.33. The molecule has 0 bridgehead atoms. The van der Waals surface area contributed by atoms with Crippen molar-refractivity contribution in [2.24, 2.45) is 20.2 Å². The Morgan fingerprint density at radius 3 is 1.10 bits per heavy atom. The maximum absolute atomic E-state index is 11.4. The van der Waals surface area contributed by atoms with E-state index in [0.29, 0.717) is 35.3 Å². The molecule has 8 nitrogen and oxygen atoms in total. The average Bonchev–Trinajstić information content (AvgIpc) is 3.16. The van der Waals surface area contributed by atoms with E-state index < -0.39 is 0 Å². The number of rotatable bonds is 13. The van der Waals surface area contributed by atoms with E-state index in [1.54, 1.807) is 24.9 Å². The molecule has 0 aliphatic carbocycles. The van der Waals surface area contributed by atoms with Gasteiger partial charge < -0.3 is 10.2 Å². The summed E-state index contributed by atoms with van der Waals surface area (Å²) in [5.41, 5.74) is 13.3. The molecular formula is C42H36N6O2. The molecule has 0 amide bonds. The summed E-state index contributed by atoms with van der Waals surface area (Å²) in [6.07, 6.45) is 6.50. The molecule has 4 N–H and O–H groups in total. The van der Waals surface area contributed by atoms with Gasteiger partial charge in [-0.3, -0.25) is 20.8 Å². The lowest BCUT2D eigenvalue weighted by molar-refractivity contribution is 0.473. The maximum Gasteiger partial charge on any atom is 0.133 e. The number of nitrogens with zero attached hydrogens (tertiary/aromatic N) is 4. The van der Waals surface area contributed by atoms with Crippen molar-refractivity contribution < 1.29 is 10.2 Å².